The SMILES string of the molecule is CN1Cc2cc3ccn(-c4ccc(CC(=O)CS(=O)(=O)c5ccc(Cl)s5)cc4)c(=O)c3cc2C1. The summed E-state index contributed by atoms with van der Waals surface area (Å²) in [5.41, 5.74) is 3.70. The lowest BCUT2D eigenvalue weighted by Gasteiger charge is -2.10. The van der Waals surface area contributed by atoms with Crippen molar-refractivity contribution in [1.29, 1.82) is 0 Å². The zero-order valence-electron chi connectivity index (χ0n) is 18.3. The minimum atomic E-state index is -3.71. The van der Waals surface area contributed by atoms with Crippen molar-refractivity contribution in [2.45, 2.75) is 23.7 Å². The minimum Gasteiger partial charge on any atom is -0.298 e. The van der Waals surface area contributed by atoms with Crippen LogP contribution in [-0.2, 0) is 34.1 Å². The Morgan fingerprint density at radius 1 is 1.03 bits per heavy atom. The molecule has 0 N–H and O–H groups in total. The summed E-state index contributed by atoms with van der Waals surface area (Å²) in [5.74, 6) is -0.978. The van der Waals surface area contributed by atoms with Crippen LogP contribution < -0.4 is 5.56 Å². The third-order valence-electron chi connectivity index (χ3n) is 5.93. The van der Waals surface area contributed by atoms with Crippen molar-refractivity contribution in [3.8, 4) is 5.69 Å². The summed E-state index contributed by atoms with van der Waals surface area (Å²) in [6, 6.07) is 16.0. The lowest BCUT2D eigenvalue weighted by Crippen LogP contribution is -2.18. The number of thiophene rings is 1. The summed E-state index contributed by atoms with van der Waals surface area (Å²) in [4.78, 5) is 27.8. The monoisotopic (exact) mass is 512 g/mol. The van der Waals surface area contributed by atoms with Gasteiger partial charge in [-0.1, -0.05) is 23.7 Å². The van der Waals surface area contributed by atoms with Crippen molar-refractivity contribution in [3.63, 3.8) is 0 Å². The van der Waals surface area contributed by atoms with Gasteiger partial charge < -0.3 is 0 Å². The predicted octanol–water partition coefficient (Wildman–Crippen LogP) is 4.24. The molecule has 4 aromatic rings. The Kier molecular flexibility index (Phi) is 5.93. The van der Waals surface area contributed by atoms with E-state index in [0.717, 1.165) is 29.8 Å². The fourth-order valence-electron chi connectivity index (χ4n) is 4.32. The van der Waals surface area contributed by atoms with Gasteiger partial charge in [0.1, 0.15) is 9.96 Å². The number of sulfone groups is 1. The molecule has 2 aromatic carbocycles. The molecule has 5 rings (SSSR count). The van der Waals surface area contributed by atoms with E-state index in [4.69, 9.17) is 11.6 Å². The molecule has 1 aliphatic heterocycles. The predicted molar refractivity (Wildman–Crippen MR) is 135 cm³/mol. The van der Waals surface area contributed by atoms with E-state index in [2.05, 4.69) is 18.0 Å². The Hall–Kier alpha value is -2.78. The minimum absolute atomic E-state index is 0.00904. The fourth-order valence-corrected chi connectivity index (χ4v) is 7.13. The molecule has 1 aliphatic rings. The number of Topliss-reactive ketones (excluding diaryl/α,β-unsaturated/α-hetero) is 1. The molecule has 6 nitrogen and oxygen atoms in total. The second-order valence-corrected chi connectivity index (χ2v) is 12.5. The van der Waals surface area contributed by atoms with Gasteiger partial charge in [-0.15, -0.1) is 11.3 Å². The smallest absolute Gasteiger partial charge is 0.262 e. The average molecular weight is 513 g/mol. The number of hydrogen-bond acceptors (Lipinski definition) is 6. The Morgan fingerprint density at radius 3 is 2.41 bits per heavy atom. The summed E-state index contributed by atoms with van der Waals surface area (Å²) >= 11 is 6.76. The maximum Gasteiger partial charge on any atom is 0.262 e. The lowest BCUT2D eigenvalue weighted by molar-refractivity contribution is -0.116. The number of hydrogen-bond donors (Lipinski definition) is 0. The molecular weight excluding hydrogens is 492 g/mol. The average Bonchev–Trinajstić information content (AvgIpc) is 3.38. The number of aromatic nitrogens is 1. The number of fused-ring (bicyclic) bond motifs is 2. The third-order valence-corrected chi connectivity index (χ3v) is 9.42. The van der Waals surface area contributed by atoms with Gasteiger partial charge in [0.25, 0.3) is 5.56 Å². The summed E-state index contributed by atoms with van der Waals surface area (Å²) in [6.45, 7) is 1.72. The number of halogens is 1. The van der Waals surface area contributed by atoms with Crippen LogP contribution in [0.5, 0.6) is 0 Å². The highest BCUT2D eigenvalue weighted by molar-refractivity contribution is 7.94. The van der Waals surface area contributed by atoms with E-state index in [1.165, 1.54) is 23.3 Å². The van der Waals surface area contributed by atoms with E-state index < -0.39 is 21.4 Å². The van der Waals surface area contributed by atoms with Gasteiger partial charge in [0, 0.05) is 36.8 Å². The Morgan fingerprint density at radius 2 is 1.74 bits per heavy atom. The van der Waals surface area contributed by atoms with Crippen molar-refractivity contribution < 1.29 is 13.2 Å². The van der Waals surface area contributed by atoms with Gasteiger partial charge in [-0.05, 0) is 71.6 Å². The van der Waals surface area contributed by atoms with Gasteiger partial charge in [0.05, 0.1) is 4.34 Å². The molecular formula is C25H21ClN2O4S2. The Labute approximate surface area is 205 Å². The lowest BCUT2D eigenvalue weighted by atomic mass is 10.0. The first-order valence-corrected chi connectivity index (χ1v) is 13.5. The van der Waals surface area contributed by atoms with Crippen LogP contribution in [-0.4, -0.2) is 36.5 Å². The van der Waals surface area contributed by atoms with E-state index in [0.29, 0.717) is 21.0 Å². The van der Waals surface area contributed by atoms with Crippen molar-refractivity contribution in [1.82, 2.24) is 9.47 Å². The highest BCUT2D eigenvalue weighted by atomic mass is 35.5. The molecule has 0 atom stereocenters. The van der Waals surface area contributed by atoms with Crippen LogP contribution in [0, 0.1) is 0 Å². The highest BCUT2D eigenvalue weighted by Gasteiger charge is 2.21. The van der Waals surface area contributed by atoms with Crippen LogP contribution in [0.2, 0.25) is 4.34 Å². The number of nitrogens with zero attached hydrogens (tertiary/aromatic N) is 2. The maximum atomic E-state index is 13.2. The first kappa shape index (κ1) is 23.0. The summed E-state index contributed by atoms with van der Waals surface area (Å²) in [5, 5.41) is 1.60. The second kappa shape index (κ2) is 8.78. The number of rotatable bonds is 6. The van der Waals surface area contributed by atoms with Crippen molar-refractivity contribution in [3.05, 3.63) is 92.2 Å². The van der Waals surface area contributed by atoms with Crippen LogP contribution >= 0.6 is 22.9 Å². The van der Waals surface area contributed by atoms with E-state index >= 15 is 0 Å². The van der Waals surface area contributed by atoms with E-state index in [9.17, 15) is 18.0 Å². The number of ketones is 1. The van der Waals surface area contributed by atoms with Crippen molar-refractivity contribution in [2.75, 3.05) is 12.8 Å². The van der Waals surface area contributed by atoms with Gasteiger partial charge in [-0.25, -0.2) is 8.42 Å². The molecule has 174 valence electrons. The quantitative estimate of drug-likeness (QED) is 0.386. The van der Waals surface area contributed by atoms with Gasteiger partial charge >= 0.3 is 0 Å². The van der Waals surface area contributed by atoms with Crippen molar-refractivity contribution >= 4 is 49.3 Å². The third kappa shape index (κ3) is 4.46. The number of pyridine rings is 1. The van der Waals surface area contributed by atoms with E-state index in [-0.39, 0.29) is 16.2 Å². The second-order valence-electron chi connectivity index (χ2n) is 8.57. The zero-order chi connectivity index (χ0) is 24.0. The first-order valence-electron chi connectivity index (χ1n) is 10.6. The van der Waals surface area contributed by atoms with E-state index in [1.54, 1.807) is 35.0 Å². The molecule has 9 heteroatoms. The van der Waals surface area contributed by atoms with Gasteiger partial charge in [-0.3, -0.25) is 19.1 Å². The first-order chi connectivity index (χ1) is 16.2. The normalized spacial score (nSPS) is 13.9. The zero-order valence-corrected chi connectivity index (χ0v) is 20.7. The highest BCUT2D eigenvalue weighted by Crippen LogP contribution is 2.27. The summed E-state index contributed by atoms with van der Waals surface area (Å²) < 4.78 is 26.9. The maximum absolute atomic E-state index is 13.2. The number of benzene rings is 2. The number of carbonyl (C=O) groups excluding carboxylic acids is 1. The Balaban J connectivity index is 1.35. The molecule has 0 amide bonds. The Bertz CT molecular complexity index is 1590. The van der Waals surface area contributed by atoms with Crippen LogP contribution in [0.25, 0.3) is 16.5 Å². The van der Waals surface area contributed by atoms with Crippen molar-refractivity contribution in [2.24, 2.45) is 0 Å². The van der Waals surface area contributed by atoms with Gasteiger partial charge in [0.15, 0.2) is 15.6 Å². The molecule has 0 radical (unpaired) electrons. The molecule has 0 fully saturated rings. The molecule has 0 bridgehead atoms. The largest absolute Gasteiger partial charge is 0.298 e. The summed E-state index contributed by atoms with van der Waals surface area (Å²) in [6.07, 6.45) is 1.75. The van der Waals surface area contributed by atoms with Crippen LogP contribution in [0.4, 0.5) is 0 Å². The topological polar surface area (TPSA) is 76.5 Å². The molecule has 0 unspecified atom stereocenters. The molecule has 2 aromatic heterocycles. The standard InChI is InChI=1S/C25H21ClN2O4S2/c1-27-13-18-11-17-8-9-28(25(30)22(17)12-19(18)14-27)20-4-2-16(3-5-20)10-21(29)15-34(31,32)24-7-6-23(26)33-24/h2-9,11-12H,10,13-15H2,1H3. The van der Waals surface area contributed by atoms with Gasteiger partial charge in [0.2, 0.25) is 0 Å². The molecule has 0 saturated heterocycles. The van der Waals surface area contributed by atoms with Crippen LogP contribution in [0.15, 0.2) is 69.8 Å². The van der Waals surface area contributed by atoms with E-state index in [1.807, 2.05) is 12.1 Å². The number of carbonyl (C=O) groups is 1. The molecule has 0 aliphatic carbocycles. The fraction of sp³-hybridized carbons (Fsp3) is 0.200. The molecule has 34 heavy (non-hydrogen) atoms. The van der Waals surface area contributed by atoms with Crippen LogP contribution in [0.3, 0.4) is 0 Å². The molecule has 0 saturated carbocycles. The van der Waals surface area contributed by atoms with Crippen LogP contribution in [0.1, 0.15) is 16.7 Å². The molecule has 0 spiro atoms. The summed E-state index contributed by atoms with van der Waals surface area (Å²) in [7, 11) is -1.65. The van der Waals surface area contributed by atoms with Gasteiger partial charge in [-0.2, -0.15) is 0 Å². The molecule has 3 heterocycles.